The number of aromatic nitrogens is 1. The topological polar surface area (TPSA) is 88.7 Å². The number of ether oxygens (including phenoxy) is 2. The van der Waals surface area contributed by atoms with Crippen molar-refractivity contribution in [3.63, 3.8) is 0 Å². The number of sulfone groups is 1. The van der Waals surface area contributed by atoms with Crippen LogP contribution in [0.15, 0.2) is 48.5 Å². The summed E-state index contributed by atoms with van der Waals surface area (Å²) in [6.45, 7) is 0.771. The molecule has 2 atom stereocenters. The minimum atomic E-state index is -3.03. The molecule has 2 heterocycles. The highest BCUT2D eigenvalue weighted by atomic mass is 35.5. The zero-order valence-corrected chi connectivity index (χ0v) is 23.2. The number of aromatic amines is 1. The number of nitrogens with one attached hydrogen (secondary N) is 1. The predicted molar refractivity (Wildman–Crippen MR) is 149 cm³/mol. The Morgan fingerprint density at radius 2 is 1.82 bits per heavy atom. The van der Waals surface area contributed by atoms with E-state index in [-0.39, 0.29) is 11.1 Å². The third-order valence-electron chi connectivity index (χ3n) is 6.67. The van der Waals surface area contributed by atoms with Crippen LogP contribution in [0, 0.1) is 0 Å². The number of benzene rings is 2. The van der Waals surface area contributed by atoms with Crippen LogP contribution in [0.1, 0.15) is 35.7 Å². The molecule has 7 nitrogen and oxygen atoms in total. The van der Waals surface area contributed by atoms with Crippen LogP contribution in [0.2, 0.25) is 5.02 Å². The molecule has 0 bridgehead atoms. The summed E-state index contributed by atoms with van der Waals surface area (Å²) in [4.78, 5) is 18.7. The Balaban J connectivity index is 1.44. The number of hydrogen-bond donors (Lipinski definition) is 1. The van der Waals surface area contributed by atoms with E-state index in [1.54, 1.807) is 29.2 Å². The molecule has 5 rings (SSSR count). The van der Waals surface area contributed by atoms with Crippen LogP contribution in [0.5, 0.6) is 11.5 Å². The average molecular weight is 576 g/mol. The molecule has 2 unspecified atom stereocenters. The number of alkyl halides is 1. The molecule has 200 valence electrons. The SMILES string of the molecule is CS(=O)(=O)CCCOc1ccc(C2c3[nH]c4c(c3CCN2C(=O)Oc2ccc(Cl)cc2)=CC(Cl)CC=4)cc1. The van der Waals surface area contributed by atoms with Gasteiger partial charge in [-0.25, -0.2) is 13.2 Å². The average Bonchev–Trinajstić information content (AvgIpc) is 3.25. The van der Waals surface area contributed by atoms with E-state index in [0.29, 0.717) is 42.5 Å². The first-order valence-electron chi connectivity index (χ1n) is 12.4. The quantitative estimate of drug-likeness (QED) is 0.337. The Morgan fingerprint density at radius 1 is 1.11 bits per heavy atom. The zero-order chi connectivity index (χ0) is 26.9. The van der Waals surface area contributed by atoms with Crippen LogP contribution in [0.25, 0.3) is 12.2 Å². The lowest BCUT2D eigenvalue weighted by Gasteiger charge is -2.35. The highest BCUT2D eigenvalue weighted by Crippen LogP contribution is 2.34. The summed E-state index contributed by atoms with van der Waals surface area (Å²) in [6, 6.07) is 13.8. The highest BCUT2D eigenvalue weighted by molar-refractivity contribution is 7.90. The van der Waals surface area contributed by atoms with E-state index in [9.17, 15) is 13.2 Å². The van der Waals surface area contributed by atoms with Crippen molar-refractivity contribution in [1.29, 1.82) is 0 Å². The maximum Gasteiger partial charge on any atom is 0.416 e. The van der Waals surface area contributed by atoms with E-state index in [1.807, 2.05) is 24.3 Å². The molecule has 0 saturated heterocycles. The first-order chi connectivity index (χ1) is 18.2. The van der Waals surface area contributed by atoms with Crippen molar-refractivity contribution in [2.75, 3.05) is 25.2 Å². The molecule has 1 N–H and O–H groups in total. The molecule has 38 heavy (non-hydrogen) atoms. The second kappa shape index (κ2) is 11.0. The second-order valence-corrected chi connectivity index (χ2v) is 12.8. The molecule has 0 spiro atoms. The van der Waals surface area contributed by atoms with Gasteiger partial charge in [-0.2, -0.15) is 0 Å². The van der Waals surface area contributed by atoms with Crippen LogP contribution >= 0.6 is 23.2 Å². The number of amides is 1. The van der Waals surface area contributed by atoms with Gasteiger partial charge in [0.25, 0.3) is 0 Å². The standard InChI is InChI=1S/C28H28Cl2N2O5S/c1-38(34,35)16-2-15-36-21-8-3-18(4-9-21)27-26-23(24-17-20(30)7-12-25(24)31-26)13-14-32(27)28(33)37-22-10-5-19(29)6-11-22/h3-6,8-12,17,20,27,31H,2,7,13-16H2,1H3. The molecule has 1 aliphatic heterocycles. The Morgan fingerprint density at radius 3 is 2.53 bits per heavy atom. The lowest BCUT2D eigenvalue weighted by molar-refractivity contribution is 0.135. The maximum atomic E-state index is 13.4. The van der Waals surface area contributed by atoms with Gasteiger partial charge in [0.15, 0.2) is 0 Å². The van der Waals surface area contributed by atoms with Crippen molar-refractivity contribution < 1.29 is 22.7 Å². The highest BCUT2D eigenvalue weighted by Gasteiger charge is 2.35. The molecule has 0 fully saturated rings. The fraction of sp³-hybridized carbons (Fsp3) is 0.321. The summed E-state index contributed by atoms with van der Waals surface area (Å²) in [6.07, 6.45) is 6.77. The molecule has 2 aromatic carbocycles. The van der Waals surface area contributed by atoms with E-state index in [2.05, 4.69) is 17.1 Å². The van der Waals surface area contributed by atoms with Gasteiger partial charge in [0.05, 0.1) is 17.7 Å². The van der Waals surface area contributed by atoms with Crippen LogP contribution in [-0.4, -0.2) is 54.9 Å². The summed E-state index contributed by atoms with van der Waals surface area (Å²) in [5.41, 5.74) is 2.99. The fourth-order valence-electron chi connectivity index (χ4n) is 4.91. The number of halogens is 2. The molecular weight excluding hydrogens is 547 g/mol. The van der Waals surface area contributed by atoms with E-state index in [0.717, 1.165) is 33.8 Å². The van der Waals surface area contributed by atoms with Gasteiger partial charge in [0, 0.05) is 34.1 Å². The van der Waals surface area contributed by atoms with Gasteiger partial charge in [-0.15, -0.1) is 11.6 Å². The molecule has 3 aromatic rings. The van der Waals surface area contributed by atoms with Gasteiger partial charge in [-0.05, 0) is 66.8 Å². The summed E-state index contributed by atoms with van der Waals surface area (Å²) >= 11 is 12.4. The zero-order valence-electron chi connectivity index (χ0n) is 20.8. The van der Waals surface area contributed by atoms with Gasteiger partial charge in [0.1, 0.15) is 27.4 Å². The molecule has 1 aromatic heterocycles. The monoisotopic (exact) mass is 574 g/mol. The number of H-pyrrole nitrogens is 1. The van der Waals surface area contributed by atoms with Crippen molar-refractivity contribution in [3.05, 3.63) is 80.9 Å². The van der Waals surface area contributed by atoms with E-state index >= 15 is 0 Å². The fourth-order valence-corrected chi connectivity index (χ4v) is 5.89. The largest absolute Gasteiger partial charge is 0.494 e. The lowest BCUT2D eigenvalue weighted by atomic mass is 9.92. The van der Waals surface area contributed by atoms with Gasteiger partial charge in [0.2, 0.25) is 0 Å². The lowest BCUT2D eigenvalue weighted by Crippen LogP contribution is -2.43. The first kappa shape index (κ1) is 26.7. The summed E-state index contributed by atoms with van der Waals surface area (Å²) in [5, 5.41) is 2.63. The maximum absolute atomic E-state index is 13.4. The van der Waals surface area contributed by atoms with Gasteiger partial charge >= 0.3 is 6.09 Å². The van der Waals surface area contributed by atoms with Gasteiger partial charge in [-0.3, -0.25) is 4.90 Å². The van der Waals surface area contributed by atoms with Gasteiger partial charge in [-0.1, -0.05) is 35.9 Å². The van der Waals surface area contributed by atoms with Gasteiger partial charge < -0.3 is 14.5 Å². The van der Waals surface area contributed by atoms with Crippen molar-refractivity contribution in [2.24, 2.45) is 0 Å². The number of nitrogens with zero attached hydrogens (tertiary/aromatic N) is 1. The Bertz CT molecular complexity index is 1550. The Hall–Kier alpha value is -2.94. The summed E-state index contributed by atoms with van der Waals surface area (Å²) in [5.74, 6) is 1.13. The van der Waals surface area contributed by atoms with Crippen LogP contribution in [0.3, 0.4) is 0 Å². The van der Waals surface area contributed by atoms with Crippen molar-refractivity contribution >= 4 is 51.3 Å². The number of rotatable bonds is 7. The third-order valence-corrected chi connectivity index (χ3v) is 8.26. The third kappa shape index (κ3) is 6.03. The summed E-state index contributed by atoms with van der Waals surface area (Å²) in [7, 11) is -3.03. The first-order valence-corrected chi connectivity index (χ1v) is 15.3. The number of hydrogen-bond acceptors (Lipinski definition) is 5. The number of carbonyl (C=O) groups excluding carboxylic acids is 1. The smallest absolute Gasteiger partial charge is 0.416 e. The molecule has 2 aliphatic rings. The minimum Gasteiger partial charge on any atom is -0.494 e. The van der Waals surface area contributed by atoms with Crippen LogP contribution < -0.4 is 20.0 Å². The van der Waals surface area contributed by atoms with E-state index in [4.69, 9.17) is 32.7 Å². The normalized spacial score (nSPS) is 18.6. The summed E-state index contributed by atoms with van der Waals surface area (Å²) < 4.78 is 34.2. The number of fused-ring (bicyclic) bond motifs is 3. The van der Waals surface area contributed by atoms with Crippen molar-refractivity contribution in [3.8, 4) is 11.5 Å². The molecular formula is C28H28Cl2N2O5S. The number of carbonyl (C=O) groups is 1. The van der Waals surface area contributed by atoms with E-state index in [1.165, 1.54) is 6.26 Å². The molecule has 0 radical (unpaired) electrons. The molecule has 1 aliphatic carbocycles. The van der Waals surface area contributed by atoms with Crippen LogP contribution in [0.4, 0.5) is 4.79 Å². The Kier molecular flexibility index (Phi) is 7.75. The predicted octanol–water partition coefficient (Wildman–Crippen LogP) is 4.20. The Labute approximate surface area is 231 Å². The molecule has 0 saturated carbocycles. The van der Waals surface area contributed by atoms with Crippen LogP contribution in [-0.2, 0) is 16.3 Å². The molecule has 10 heteroatoms. The minimum absolute atomic E-state index is 0.0622. The van der Waals surface area contributed by atoms with Crippen molar-refractivity contribution in [2.45, 2.75) is 30.7 Å². The molecule has 1 amide bonds. The second-order valence-electron chi connectivity index (χ2n) is 9.54. The van der Waals surface area contributed by atoms with E-state index < -0.39 is 22.0 Å². The van der Waals surface area contributed by atoms with Crippen molar-refractivity contribution in [1.82, 2.24) is 9.88 Å².